The van der Waals surface area contributed by atoms with Gasteiger partial charge in [0.1, 0.15) is 7.85 Å². The Labute approximate surface area is 56.1 Å². The molecule has 0 N–H and O–H groups in total. The van der Waals surface area contributed by atoms with E-state index in [0.717, 1.165) is 10.1 Å². The zero-order valence-corrected chi connectivity index (χ0v) is 5.87. The van der Waals surface area contributed by atoms with E-state index in [1.807, 2.05) is 0 Å². The lowest BCUT2D eigenvalue weighted by molar-refractivity contribution is 0.849. The fourth-order valence-electron chi connectivity index (χ4n) is 0.786. The van der Waals surface area contributed by atoms with Crippen molar-refractivity contribution in [1.29, 1.82) is 0 Å². The zero-order chi connectivity index (χ0) is 5.98. The fraction of sp³-hybridized carbons (Fsp3) is 0.667. The zero-order valence-electron chi connectivity index (χ0n) is 5.05. The van der Waals surface area contributed by atoms with Gasteiger partial charge in [0, 0.05) is 5.25 Å². The lowest BCUT2D eigenvalue weighted by Crippen LogP contribution is -1.91. The summed E-state index contributed by atoms with van der Waals surface area (Å²) in [5, 5.41) is 0.773. The second kappa shape index (κ2) is 2.63. The van der Waals surface area contributed by atoms with Gasteiger partial charge in [0.05, 0.1) is 0 Å². The molecule has 1 aliphatic rings. The monoisotopic (exact) mass is 124 g/mol. The van der Waals surface area contributed by atoms with Crippen molar-refractivity contribution >= 4 is 19.6 Å². The van der Waals surface area contributed by atoms with E-state index in [1.54, 1.807) is 11.8 Å². The van der Waals surface area contributed by atoms with Crippen molar-refractivity contribution < 1.29 is 0 Å². The van der Waals surface area contributed by atoms with E-state index in [1.165, 1.54) is 12.8 Å². The van der Waals surface area contributed by atoms with Crippen molar-refractivity contribution in [2.24, 2.45) is 0 Å². The summed E-state index contributed by atoms with van der Waals surface area (Å²) in [6, 6.07) is 0. The number of rotatable bonds is 1. The van der Waals surface area contributed by atoms with Crippen LogP contribution in [0.25, 0.3) is 0 Å². The standard InChI is InChI=1S/C6H9BS/c1-2-5-3-4-6(7)8-5/h4-5H,2-3H2,1H3. The van der Waals surface area contributed by atoms with Gasteiger partial charge in [-0.1, -0.05) is 17.8 Å². The predicted octanol–water partition coefficient (Wildman–Crippen LogP) is 1.91. The van der Waals surface area contributed by atoms with E-state index in [-0.39, 0.29) is 0 Å². The lowest BCUT2D eigenvalue weighted by Gasteiger charge is -2.02. The van der Waals surface area contributed by atoms with Crippen molar-refractivity contribution in [2.75, 3.05) is 0 Å². The Morgan fingerprint density at radius 3 is 3.00 bits per heavy atom. The smallest absolute Gasteiger partial charge is 0.122 e. The Kier molecular flexibility index (Phi) is 2.06. The van der Waals surface area contributed by atoms with Gasteiger partial charge in [-0.3, -0.25) is 0 Å². The van der Waals surface area contributed by atoms with Crippen molar-refractivity contribution in [3.63, 3.8) is 0 Å². The molecule has 1 rings (SSSR count). The quantitative estimate of drug-likeness (QED) is 0.481. The molecule has 1 atom stereocenters. The number of thioether (sulfide) groups is 1. The second-order valence-electron chi connectivity index (χ2n) is 1.99. The highest BCUT2D eigenvalue weighted by Gasteiger charge is 2.10. The van der Waals surface area contributed by atoms with Crippen molar-refractivity contribution in [2.45, 2.75) is 25.0 Å². The maximum Gasteiger partial charge on any atom is 0.122 e. The summed E-state index contributed by atoms with van der Waals surface area (Å²) >= 11 is 1.80. The van der Waals surface area contributed by atoms with E-state index in [4.69, 9.17) is 7.85 Å². The van der Waals surface area contributed by atoms with Crippen LogP contribution in [0.3, 0.4) is 0 Å². The Morgan fingerprint density at radius 1 is 2.00 bits per heavy atom. The van der Waals surface area contributed by atoms with Gasteiger partial charge in [0.25, 0.3) is 0 Å². The molecule has 42 valence electrons. The van der Waals surface area contributed by atoms with Crippen LogP contribution in [0.1, 0.15) is 19.8 Å². The van der Waals surface area contributed by atoms with Crippen LogP contribution in [0, 0.1) is 0 Å². The topological polar surface area (TPSA) is 0 Å². The average Bonchev–Trinajstić information content (AvgIpc) is 2.14. The third kappa shape index (κ3) is 1.31. The summed E-state index contributed by atoms with van der Waals surface area (Å²) in [6.07, 6.45) is 4.52. The molecule has 8 heavy (non-hydrogen) atoms. The molecule has 0 spiro atoms. The minimum absolute atomic E-state index is 0.773. The summed E-state index contributed by atoms with van der Waals surface area (Å²) in [6.45, 7) is 2.20. The Morgan fingerprint density at radius 2 is 2.75 bits per heavy atom. The van der Waals surface area contributed by atoms with Crippen molar-refractivity contribution in [3.8, 4) is 0 Å². The van der Waals surface area contributed by atoms with Crippen LogP contribution in [0.15, 0.2) is 10.9 Å². The van der Waals surface area contributed by atoms with E-state index < -0.39 is 0 Å². The van der Waals surface area contributed by atoms with E-state index in [2.05, 4.69) is 13.0 Å². The molecule has 0 aromatic heterocycles. The van der Waals surface area contributed by atoms with Crippen LogP contribution >= 0.6 is 11.8 Å². The molecule has 1 unspecified atom stereocenters. The third-order valence-corrected chi connectivity index (χ3v) is 2.64. The first-order valence-corrected chi connectivity index (χ1v) is 3.83. The molecule has 2 radical (unpaired) electrons. The normalized spacial score (nSPS) is 28.1. The van der Waals surface area contributed by atoms with Gasteiger partial charge in [-0.2, -0.15) is 0 Å². The fourth-order valence-corrected chi connectivity index (χ4v) is 1.72. The molecule has 1 aliphatic heterocycles. The van der Waals surface area contributed by atoms with Crippen LogP contribution in [0.2, 0.25) is 0 Å². The second-order valence-corrected chi connectivity index (χ2v) is 3.36. The molecule has 0 saturated heterocycles. The maximum absolute atomic E-state index is 5.52. The van der Waals surface area contributed by atoms with Crippen LogP contribution < -0.4 is 0 Å². The average molecular weight is 124 g/mol. The Balaban J connectivity index is 2.32. The van der Waals surface area contributed by atoms with Crippen LogP contribution in [0.5, 0.6) is 0 Å². The summed E-state index contributed by atoms with van der Waals surface area (Å²) in [4.78, 5) is 1.01. The van der Waals surface area contributed by atoms with Gasteiger partial charge in [0.15, 0.2) is 0 Å². The van der Waals surface area contributed by atoms with E-state index in [9.17, 15) is 0 Å². The summed E-state index contributed by atoms with van der Waals surface area (Å²) < 4.78 is 0. The molecule has 0 saturated carbocycles. The molecule has 0 amide bonds. The van der Waals surface area contributed by atoms with Gasteiger partial charge < -0.3 is 0 Å². The maximum atomic E-state index is 5.52. The van der Waals surface area contributed by atoms with Crippen molar-refractivity contribution in [3.05, 3.63) is 10.9 Å². The largest absolute Gasteiger partial charge is 0.139 e. The third-order valence-electron chi connectivity index (χ3n) is 1.34. The highest BCUT2D eigenvalue weighted by atomic mass is 32.2. The van der Waals surface area contributed by atoms with Gasteiger partial charge in [0.2, 0.25) is 0 Å². The summed E-state index contributed by atoms with van der Waals surface area (Å²) in [5.74, 6) is 0. The first-order chi connectivity index (χ1) is 3.83. The lowest BCUT2D eigenvalue weighted by atomic mass is 10.1. The number of hydrogen-bond donors (Lipinski definition) is 0. The Hall–Kier alpha value is 0.155. The number of allylic oxidation sites excluding steroid dienone is 1. The molecule has 0 aliphatic carbocycles. The van der Waals surface area contributed by atoms with Gasteiger partial charge in [-0.05, 0) is 12.8 Å². The minimum atomic E-state index is 0.773. The van der Waals surface area contributed by atoms with Gasteiger partial charge in [-0.25, -0.2) is 0 Å². The molecular weight excluding hydrogens is 115 g/mol. The molecular formula is C6H9BS. The van der Waals surface area contributed by atoms with Gasteiger partial charge in [-0.15, -0.1) is 11.8 Å². The highest BCUT2D eigenvalue weighted by molar-refractivity contribution is 8.05. The first kappa shape index (κ1) is 6.28. The summed E-state index contributed by atoms with van der Waals surface area (Å²) in [7, 11) is 5.52. The van der Waals surface area contributed by atoms with Crippen molar-refractivity contribution in [1.82, 2.24) is 0 Å². The highest BCUT2D eigenvalue weighted by Crippen LogP contribution is 2.31. The van der Waals surface area contributed by atoms with Crippen LogP contribution in [-0.4, -0.2) is 13.1 Å². The molecule has 0 bridgehead atoms. The van der Waals surface area contributed by atoms with E-state index >= 15 is 0 Å². The molecule has 0 nitrogen and oxygen atoms in total. The summed E-state index contributed by atoms with van der Waals surface area (Å²) in [5.41, 5.74) is 0. The SMILES string of the molecule is [B]C1=CCC(CC)S1. The van der Waals surface area contributed by atoms with Gasteiger partial charge >= 0.3 is 0 Å². The Bertz CT molecular complexity index is 109. The predicted molar refractivity (Wildman–Crippen MR) is 40.1 cm³/mol. The molecule has 0 aromatic rings. The van der Waals surface area contributed by atoms with E-state index in [0.29, 0.717) is 0 Å². The molecule has 0 fully saturated rings. The minimum Gasteiger partial charge on any atom is -0.139 e. The molecule has 2 heteroatoms. The number of hydrogen-bond acceptors (Lipinski definition) is 1. The molecule has 1 heterocycles. The first-order valence-electron chi connectivity index (χ1n) is 2.95. The molecule has 0 aromatic carbocycles. The van der Waals surface area contributed by atoms with Crippen LogP contribution in [-0.2, 0) is 0 Å². The van der Waals surface area contributed by atoms with Crippen LogP contribution in [0.4, 0.5) is 0 Å².